The molecule has 0 radical (unpaired) electrons. The van der Waals surface area contributed by atoms with E-state index in [1.807, 2.05) is 0 Å². The number of hydrogen-bond donors (Lipinski definition) is 2. The number of carbonyl (C=O) groups excluding carboxylic acids is 3. The second-order valence-electron chi connectivity index (χ2n) is 5.12. The number of halogens is 1. The average Bonchev–Trinajstić information content (AvgIpc) is 2.74. The lowest BCUT2D eigenvalue weighted by atomic mass is 9.87. The van der Waals surface area contributed by atoms with E-state index in [0.29, 0.717) is 36.1 Å². The standard InChI is InChI=1S/C13H13BrN4O3/c14-9-8(2-1-5-15-9)10(19)18-6-3-13(4-7-18)11(20)16-12(21)17-13/h1-2,5H,3-4,6-7H2,(H2,16,17,20,21). The van der Waals surface area contributed by atoms with Gasteiger partial charge in [0.25, 0.3) is 11.8 Å². The molecule has 0 saturated carbocycles. The second kappa shape index (κ2) is 5.10. The van der Waals surface area contributed by atoms with Gasteiger partial charge in [0.1, 0.15) is 10.1 Å². The Bertz CT molecular complexity index is 626. The van der Waals surface area contributed by atoms with Crippen LogP contribution in [0, 0.1) is 0 Å². The summed E-state index contributed by atoms with van der Waals surface area (Å²) in [5, 5.41) is 4.92. The van der Waals surface area contributed by atoms with Crippen molar-refractivity contribution in [1.82, 2.24) is 20.5 Å². The number of pyridine rings is 1. The Hall–Kier alpha value is -1.96. The van der Waals surface area contributed by atoms with E-state index in [4.69, 9.17) is 0 Å². The van der Waals surface area contributed by atoms with Gasteiger partial charge in [-0.1, -0.05) is 0 Å². The third-order valence-electron chi connectivity index (χ3n) is 3.91. The lowest BCUT2D eigenvalue weighted by Crippen LogP contribution is -2.55. The maximum absolute atomic E-state index is 12.4. The topological polar surface area (TPSA) is 91.4 Å². The van der Waals surface area contributed by atoms with Crippen LogP contribution in [0.2, 0.25) is 0 Å². The summed E-state index contributed by atoms with van der Waals surface area (Å²) in [6.07, 6.45) is 2.42. The minimum absolute atomic E-state index is 0.130. The van der Waals surface area contributed by atoms with Crippen molar-refractivity contribution in [2.24, 2.45) is 0 Å². The quantitative estimate of drug-likeness (QED) is 0.573. The Labute approximate surface area is 129 Å². The van der Waals surface area contributed by atoms with E-state index in [1.54, 1.807) is 23.2 Å². The summed E-state index contributed by atoms with van der Waals surface area (Å²) < 4.78 is 0.502. The molecule has 0 atom stereocenters. The van der Waals surface area contributed by atoms with Crippen LogP contribution < -0.4 is 10.6 Å². The van der Waals surface area contributed by atoms with Crippen molar-refractivity contribution in [1.29, 1.82) is 0 Å². The summed E-state index contributed by atoms with van der Waals surface area (Å²) in [5.74, 6) is -0.434. The molecule has 3 rings (SSSR count). The third-order valence-corrected chi connectivity index (χ3v) is 4.54. The Kier molecular flexibility index (Phi) is 3.40. The molecule has 2 fully saturated rings. The van der Waals surface area contributed by atoms with Gasteiger partial charge < -0.3 is 10.2 Å². The smallest absolute Gasteiger partial charge is 0.322 e. The highest BCUT2D eigenvalue weighted by atomic mass is 79.9. The number of imide groups is 1. The van der Waals surface area contributed by atoms with Crippen molar-refractivity contribution in [3.63, 3.8) is 0 Å². The first-order chi connectivity index (χ1) is 10.0. The molecule has 0 aliphatic carbocycles. The number of nitrogens with one attached hydrogen (secondary N) is 2. The molecule has 0 bridgehead atoms. The van der Waals surface area contributed by atoms with Crippen LogP contribution in [0.3, 0.4) is 0 Å². The van der Waals surface area contributed by atoms with Crippen molar-refractivity contribution < 1.29 is 14.4 Å². The van der Waals surface area contributed by atoms with Crippen molar-refractivity contribution in [2.45, 2.75) is 18.4 Å². The van der Waals surface area contributed by atoms with Crippen LogP contribution >= 0.6 is 15.9 Å². The van der Waals surface area contributed by atoms with Gasteiger partial charge in [-0.25, -0.2) is 9.78 Å². The highest BCUT2D eigenvalue weighted by molar-refractivity contribution is 9.10. The molecule has 1 spiro atoms. The van der Waals surface area contributed by atoms with Crippen molar-refractivity contribution in [2.75, 3.05) is 13.1 Å². The summed E-state index contributed by atoms with van der Waals surface area (Å²) >= 11 is 3.26. The molecule has 2 saturated heterocycles. The SMILES string of the molecule is O=C1NC(=O)C2(CCN(C(=O)c3cccnc3Br)CC2)N1. The Morgan fingerprint density at radius 1 is 1.33 bits per heavy atom. The van der Waals surface area contributed by atoms with E-state index in [-0.39, 0.29) is 11.8 Å². The predicted octanol–water partition coefficient (Wildman–Crippen LogP) is 0.658. The van der Waals surface area contributed by atoms with Gasteiger partial charge in [-0.3, -0.25) is 14.9 Å². The van der Waals surface area contributed by atoms with Gasteiger partial charge in [0, 0.05) is 19.3 Å². The summed E-state index contributed by atoms with van der Waals surface area (Å²) in [6, 6.07) is 2.94. The fourth-order valence-electron chi connectivity index (χ4n) is 2.69. The third kappa shape index (κ3) is 2.39. The van der Waals surface area contributed by atoms with Crippen LogP contribution in [-0.4, -0.2) is 46.4 Å². The fraction of sp³-hybridized carbons (Fsp3) is 0.385. The Balaban J connectivity index is 1.72. The minimum atomic E-state index is -0.861. The highest BCUT2D eigenvalue weighted by Crippen LogP contribution is 2.27. The Morgan fingerprint density at radius 3 is 2.62 bits per heavy atom. The second-order valence-corrected chi connectivity index (χ2v) is 5.88. The van der Waals surface area contributed by atoms with Gasteiger partial charge in [-0.2, -0.15) is 0 Å². The maximum atomic E-state index is 12.4. The van der Waals surface area contributed by atoms with Crippen molar-refractivity contribution in [3.05, 3.63) is 28.5 Å². The molecule has 4 amide bonds. The number of carbonyl (C=O) groups is 3. The number of hydrogen-bond acceptors (Lipinski definition) is 4. The molecule has 0 aromatic carbocycles. The first-order valence-corrected chi connectivity index (χ1v) is 7.34. The van der Waals surface area contributed by atoms with Crippen LogP contribution in [0.4, 0.5) is 4.79 Å². The highest BCUT2D eigenvalue weighted by Gasteiger charge is 2.48. The van der Waals surface area contributed by atoms with E-state index >= 15 is 0 Å². The van der Waals surface area contributed by atoms with E-state index in [1.165, 1.54) is 0 Å². The molecule has 2 aliphatic rings. The molecule has 2 N–H and O–H groups in total. The van der Waals surface area contributed by atoms with Crippen LogP contribution in [-0.2, 0) is 4.79 Å². The van der Waals surface area contributed by atoms with E-state index in [0.717, 1.165) is 0 Å². The monoisotopic (exact) mass is 352 g/mol. The normalized spacial score (nSPS) is 20.3. The van der Waals surface area contributed by atoms with Crippen molar-refractivity contribution in [3.8, 4) is 0 Å². The lowest BCUT2D eigenvalue weighted by molar-refractivity contribution is -0.125. The molecule has 8 heteroatoms. The number of amides is 4. The number of piperidine rings is 1. The minimum Gasteiger partial charge on any atom is -0.338 e. The maximum Gasteiger partial charge on any atom is 0.322 e. The summed E-state index contributed by atoms with van der Waals surface area (Å²) in [6.45, 7) is 0.821. The molecule has 0 unspecified atom stereocenters. The Morgan fingerprint density at radius 2 is 2.05 bits per heavy atom. The number of nitrogens with zero attached hydrogens (tertiary/aromatic N) is 2. The zero-order valence-corrected chi connectivity index (χ0v) is 12.6. The molecular formula is C13H13BrN4O3. The molecule has 1 aromatic heterocycles. The average molecular weight is 353 g/mol. The van der Waals surface area contributed by atoms with Gasteiger partial charge in [-0.15, -0.1) is 0 Å². The van der Waals surface area contributed by atoms with Gasteiger partial charge >= 0.3 is 6.03 Å². The van der Waals surface area contributed by atoms with E-state index < -0.39 is 11.6 Å². The fourth-order valence-corrected chi connectivity index (χ4v) is 3.11. The predicted molar refractivity (Wildman–Crippen MR) is 76.5 cm³/mol. The molecule has 1 aromatic rings. The van der Waals surface area contributed by atoms with Crippen LogP contribution in [0.1, 0.15) is 23.2 Å². The zero-order valence-electron chi connectivity index (χ0n) is 11.1. The van der Waals surface area contributed by atoms with Crippen LogP contribution in [0.15, 0.2) is 22.9 Å². The molecule has 2 aliphatic heterocycles. The number of aromatic nitrogens is 1. The first kappa shape index (κ1) is 14.0. The van der Waals surface area contributed by atoms with Crippen molar-refractivity contribution >= 4 is 33.8 Å². The van der Waals surface area contributed by atoms with Gasteiger partial charge in [-0.05, 0) is 40.9 Å². The van der Waals surface area contributed by atoms with Crippen LogP contribution in [0.5, 0.6) is 0 Å². The zero-order chi connectivity index (χ0) is 15.0. The molecule has 7 nitrogen and oxygen atoms in total. The molecule has 110 valence electrons. The van der Waals surface area contributed by atoms with E-state index in [2.05, 4.69) is 31.5 Å². The number of likely N-dealkylation sites (tertiary alicyclic amines) is 1. The van der Waals surface area contributed by atoms with Gasteiger partial charge in [0.05, 0.1) is 5.56 Å². The molecule has 3 heterocycles. The summed E-state index contributed by atoms with van der Waals surface area (Å²) in [4.78, 5) is 41.3. The molecular weight excluding hydrogens is 340 g/mol. The largest absolute Gasteiger partial charge is 0.338 e. The van der Waals surface area contributed by atoms with Gasteiger partial charge in [0.15, 0.2) is 0 Å². The first-order valence-electron chi connectivity index (χ1n) is 6.55. The summed E-state index contributed by atoms with van der Waals surface area (Å²) in [5.41, 5.74) is -0.367. The summed E-state index contributed by atoms with van der Waals surface area (Å²) in [7, 11) is 0. The van der Waals surface area contributed by atoms with Gasteiger partial charge in [0.2, 0.25) is 0 Å². The molecule has 21 heavy (non-hydrogen) atoms. The van der Waals surface area contributed by atoms with Crippen LogP contribution in [0.25, 0.3) is 0 Å². The number of urea groups is 1. The van der Waals surface area contributed by atoms with E-state index in [9.17, 15) is 14.4 Å². The number of rotatable bonds is 1. The lowest BCUT2D eigenvalue weighted by Gasteiger charge is -2.37.